The van der Waals surface area contributed by atoms with Gasteiger partial charge in [0.25, 0.3) is 5.91 Å². The standard InChI is InChI=1S/C25H28N2O4/c1-17-18(2)25(29)31-23-16-21(10-11-22(17)23)30-19(3)24(28)27-13-7-12-26(14-15-27)20-8-5-4-6-9-20/h4-6,8-11,16,19H,7,12-15H2,1-3H3. The lowest BCUT2D eigenvalue weighted by atomic mass is 10.1. The fraction of sp³-hybridized carbons (Fsp3) is 0.360. The average molecular weight is 421 g/mol. The number of hydrogen-bond donors (Lipinski definition) is 0. The molecule has 6 nitrogen and oxygen atoms in total. The van der Waals surface area contributed by atoms with Crippen molar-refractivity contribution in [3.63, 3.8) is 0 Å². The van der Waals surface area contributed by atoms with Crippen molar-refractivity contribution in [3.05, 3.63) is 70.1 Å². The molecular formula is C25H28N2O4. The number of para-hydroxylation sites is 1. The summed E-state index contributed by atoms with van der Waals surface area (Å²) in [6, 6.07) is 15.7. The highest BCUT2D eigenvalue weighted by Gasteiger charge is 2.25. The summed E-state index contributed by atoms with van der Waals surface area (Å²) < 4.78 is 11.3. The molecule has 0 saturated carbocycles. The van der Waals surface area contributed by atoms with Gasteiger partial charge in [-0.1, -0.05) is 18.2 Å². The Bertz CT molecular complexity index is 1140. The highest BCUT2D eigenvalue weighted by Crippen LogP contribution is 2.25. The summed E-state index contributed by atoms with van der Waals surface area (Å²) in [7, 11) is 0. The molecule has 0 spiro atoms. The number of ether oxygens (including phenoxy) is 1. The summed E-state index contributed by atoms with van der Waals surface area (Å²) in [5.41, 5.74) is 2.81. The van der Waals surface area contributed by atoms with E-state index in [1.165, 1.54) is 5.69 Å². The quantitative estimate of drug-likeness (QED) is 0.599. The summed E-state index contributed by atoms with van der Waals surface area (Å²) in [4.78, 5) is 29.2. The molecule has 2 heterocycles. The lowest BCUT2D eigenvalue weighted by Crippen LogP contribution is -2.42. The Morgan fingerprint density at radius 3 is 2.55 bits per heavy atom. The monoisotopic (exact) mass is 420 g/mol. The Morgan fingerprint density at radius 2 is 1.77 bits per heavy atom. The van der Waals surface area contributed by atoms with Crippen LogP contribution >= 0.6 is 0 Å². The molecule has 2 aromatic carbocycles. The van der Waals surface area contributed by atoms with Gasteiger partial charge in [-0.25, -0.2) is 4.79 Å². The van der Waals surface area contributed by atoms with E-state index in [0.29, 0.717) is 30.0 Å². The van der Waals surface area contributed by atoms with Crippen molar-refractivity contribution in [3.8, 4) is 5.75 Å². The number of aryl methyl sites for hydroxylation is 1. The van der Waals surface area contributed by atoms with Crippen molar-refractivity contribution in [2.75, 3.05) is 31.1 Å². The molecule has 0 N–H and O–H groups in total. The van der Waals surface area contributed by atoms with Crippen molar-refractivity contribution in [2.24, 2.45) is 0 Å². The molecule has 1 aromatic heterocycles. The summed E-state index contributed by atoms with van der Waals surface area (Å²) in [5, 5.41) is 0.872. The molecule has 6 heteroatoms. The van der Waals surface area contributed by atoms with Gasteiger partial charge in [-0.2, -0.15) is 0 Å². The molecular weight excluding hydrogens is 392 g/mol. The SMILES string of the molecule is Cc1c(C)c2ccc(OC(C)C(=O)N3CCCN(c4ccccc4)CC3)cc2oc1=O. The number of amides is 1. The Hall–Kier alpha value is -3.28. The zero-order valence-electron chi connectivity index (χ0n) is 18.3. The first-order valence-electron chi connectivity index (χ1n) is 10.7. The van der Waals surface area contributed by atoms with Crippen LogP contribution in [0.5, 0.6) is 5.75 Å². The van der Waals surface area contributed by atoms with Gasteiger partial charge in [-0.15, -0.1) is 0 Å². The number of fused-ring (bicyclic) bond motifs is 1. The summed E-state index contributed by atoms with van der Waals surface area (Å²) in [6.07, 6.45) is 0.284. The van der Waals surface area contributed by atoms with Crippen molar-refractivity contribution < 1.29 is 13.9 Å². The van der Waals surface area contributed by atoms with E-state index in [0.717, 1.165) is 30.5 Å². The fourth-order valence-electron chi connectivity index (χ4n) is 4.05. The second-order valence-electron chi connectivity index (χ2n) is 8.06. The number of rotatable bonds is 4. The predicted molar refractivity (Wildman–Crippen MR) is 122 cm³/mol. The van der Waals surface area contributed by atoms with Crippen LogP contribution in [0.4, 0.5) is 5.69 Å². The van der Waals surface area contributed by atoms with Crippen LogP contribution in [0.15, 0.2) is 57.7 Å². The Balaban J connectivity index is 1.43. The van der Waals surface area contributed by atoms with E-state index in [4.69, 9.17) is 9.15 Å². The van der Waals surface area contributed by atoms with E-state index in [1.807, 2.05) is 42.2 Å². The van der Waals surface area contributed by atoms with Crippen LogP contribution in [0.2, 0.25) is 0 Å². The van der Waals surface area contributed by atoms with Crippen molar-refractivity contribution >= 4 is 22.6 Å². The van der Waals surface area contributed by atoms with Crippen LogP contribution in [0.3, 0.4) is 0 Å². The third kappa shape index (κ3) is 4.43. The zero-order valence-corrected chi connectivity index (χ0v) is 18.3. The minimum Gasteiger partial charge on any atom is -0.481 e. The van der Waals surface area contributed by atoms with Crippen LogP contribution in [-0.4, -0.2) is 43.1 Å². The molecule has 162 valence electrons. The molecule has 0 aliphatic carbocycles. The molecule has 1 aliphatic heterocycles. The molecule has 1 aliphatic rings. The first-order chi connectivity index (χ1) is 14.9. The minimum absolute atomic E-state index is 0.0310. The predicted octanol–water partition coefficient (Wildman–Crippen LogP) is 3.92. The van der Waals surface area contributed by atoms with Gasteiger partial charge >= 0.3 is 5.63 Å². The Morgan fingerprint density at radius 1 is 1.00 bits per heavy atom. The van der Waals surface area contributed by atoms with Gasteiger partial charge in [0.05, 0.1) is 0 Å². The molecule has 0 bridgehead atoms. The van der Waals surface area contributed by atoms with E-state index in [-0.39, 0.29) is 11.5 Å². The number of hydrogen-bond acceptors (Lipinski definition) is 5. The lowest BCUT2D eigenvalue weighted by molar-refractivity contribution is -0.137. The molecule has 1 amide bonds. The summed E-state index contributed by atoms with van der Waals surface area (Å²) in [6.45, 7) is 8.51. The van der Waals surface area contributed by atoms with Gasteiger partial charge < -0.3 is 19.0 Å². The van der Waals surface area contributed by atoms with Crippen LogP contribution in [0.1, 0.15) is 24.5 Å². The second kappa shape index (κ2) is 8.84. The van der Waals surface area contributed by atoms with Crippen LogP contribution in [0, 0.1) is 13.8 Å². The molecule has 3 aromatic rings. The van der Waals surface area contributed by atoms with Crippen molar-refractivity contribution in [2.45, 2.75) is 33.3 Å². The maximum atomic E-state index is 13.0. The highest BCUT2D eigenvalue weighted by atomic mass is 16.5. The van der Waals surface area contributed by atoms with Gasteiger partial charge in [0, 0.05) is 48.9 Å². The van der Waals surface area contributed by atoms with Crippen molar-refractivity contribution in [1.29, 1.82) is 0 Å². The van der Waals surface area contributed by atoms with Gasteiger partial charge in [0.15, 0.2) is 6.10 Å². The fourth-order valence-corrected chi connectivity index (χ4v) is 4.05. The van der Waals surface area contributed by atoms with Crippen LogP contribution in [0.25, 0.3) is 11.0 Å². The third-order valence-electron chi connectivity index (χ3n) is 6.02. The number of carbonyl (C=O) groups is 1. The largest absolute Gasteiger partial charge is 0.481 e. The zero-order chi connectivity index (χ0) is 22.0. The second-order valence-corrected chi connectivity index (χ2v) is 8.06. The molecule has 31 heavy (non-hydrogen) atoms. The van der Waals surface area contributed by atoms with Crippen molar-refractivity contribution in [1.82, 2.24) is 4.90 Å². The normalized spacial score (nSPS) is 15.6. The molecule has 0 radical (unpaired) electrons. The first-order valence-corrected chi connectivity index (χ1v) is 10.7. The molecule has 1 fully saturated rings. The van der Waals surface area contributed by atoms with E-state index < -0.39 is 6.10 Å². The lowest BCUT2D eigenvalue weighted by Gasteiger charge is -2.25. The van der Waals surface area contributed by atoms with E-state index in [2.05, 4.69) is 17.0 Å². The maximum Gasteiger partial charge on any atom is 0.339 e. The molecule has 1 saturated heterocycles. The Labute approximate surface area is 182 Å². The highest BCUT2D eigenvalue weighted by molar-refractivity contribution is 5.83. The third-order valence-corrected chi connectivity index (χ3v) is 6.02. The van der Waals surface area contributed by atoms with E-state index >= 15 is 0 Å². The topological polar surface area (TPSA) is 63.0 Å². The van der Waals surface area contributed by atoms with E-state index in [9.17, 15) is 9.59 Å². The smallest absolute Gasteiger partial charge is 0.339 e. The van der Waals surface area contributed by atoms with Gasteiger partial charge in [0.2, 0.25) is 0 Å². The average Bonchev–Trinajstić information content (AvgIpc) is 3.04. The minimum atomic E-state index is -0.626. The number of nitrogens with zero attached hydrogens (tertiary/aromatic N) is 2. The van der Waals surface area contributed by atoms with Crippen LogP contribution in [-0.2, 0) is 4.79 Å². The molecule has 1 atom stereocenters. The molecule has 4 rings (SSSR count). The van der Waals surface area contributed by atoms with E-state index in [1.54, 1.807) is 19.9 Å². The number of carbonyl (C=O) groups excluding carboxylic acids is 1. The Kier molecular flexibility index (Phi) is 5.98. The molecule has 1 unspecified atom stereocenters. The summed E-state index contributed by atoms with van der Waals surface area (Å²) in [5.74, 6) is 0.483. The summed E-state index contributed by atoms with van der Waals surface area (Å²) >= 11 is 0. The number of anilines is 1. The van der Waals surface area contributed by atoms with Crippen LogP contribution < -0.4 is 15.3 Å². The van der Waals surface area contributed by atoms with Gasteiger partial charge in [-0.05, 0) is 57.0 Å². The number of benzene rings is 2. The van der Waals surface area contributed by atoms with Gasteiger partial charge in [0.1, 0.15) is 11.3 Å². The van der Waals surface area contributed by atoms with Gasteiger partial charge in [-0.3, -0.25) is 4.79 Å². The maximum absolute atomic E-state index is 13.0. The first kappa shape index (κ1) is 21.0.